The van der Waals surface area contributed by atoms with Crippen LogP contribution in [0.1, 0.15) is 31.1 Å². The van der Waals surface area contributed by atoms with Gasteiger partial charge in [-0.2, -0.15) is 0 Å². The summed E-state index contributed by atoms with van der Waals surface area (Å²) in [7, 11) is 0. The molecule has 0 aliphatic carbocycles. The Hall–Kier alpha value is -1.42. The molecule has 1 saturated heterocycles. The second-order valence-electron chi connectivity index (χ2n) is 7.19. The molecule has 0 saturated carbocycles. The Kier molecular flexibility index (Phi) is 7.22. The van der Waals surface area contributed by atoms with Crippen molar-refractivity contribution in [1.29, 1.82) is 0 Å². The molecule has 1 fully saturated rings. The fourth-order valence-electron chi connectivity index (χ4n) is 2.58. The third kappa shape index (κ3) is 6.39. The Bertz CT molecular complexity index is 656. The summed E-state index contributed by atoms with van der Waals surface area (Å²) in [6.45, 7) is 9.46. The minimum atomic E-state index is -0.490. The van der Waals surface area contributed by atoms with Gasteiger partial charge in [-0.15, -0.1) is 0 Å². The first-order valence-electron chi connectivity index (χ1n) is 8.59. The van der Waals surface area contributed by atoms with Gasteiger partial charge in [0.1, 0.15) is 11.4 Å². The molecule has 6 nitrogen and oxygen atoms in total. The number of nitrogens with one attached hydrogen (secondary N) is 1. The van der Waals surface area contributed by atoms with Gasteiger partial charge in [-0.05, 0) is 61.6 Å². The largest absolute Gasteiger partial charge is 0.444 e. The van der Waals surface area contributed by atoms with E-state index >= 15 is 0 Å². The molecule has 2 rings (SSSR count). The molecular weight excluding hydrogens is 452 g/mol. The molecule has 26 heavy (non-hydrogen) atoms. The second-order valence-corrected chi connectivity index (χ2v) is 8.35. The standard InChI is InChI=1S/C18H25FIN3O3/c1-18(2,3)26-17(25)23-10-8-22(9-11-23)7-6-21-16(24)14-5-4-13(19)12-15(14)20/h4-5,12H,6-11H2,1-3H3,(H,21,24). The van der Waals surface area contributed by atoms with Gasteiger partial charge in [0.25, 0.3) is 5.91 Å². The van der Waals surface area contributed by atoms with Crippen LogP contribution in [-0.4, -0.2) is 66.7 Å². The van der Waals surface area contributed by atoms with Gasteiger partial charge in [0.15, 0.2) is 0 Å². The number of hydrogen-bond acceptors (Lipinski definition) is 4. The molecule has 1 N–H and O–H groups in total. The molecule has 1 aromatic rings. The Morgan fingerprint density at radius 2 is 1.88 bits per heavy atom. The molecule has 0 atom stereocenters. The summed E-state index contributed by atoms with van der Waals surface area (Å²) in [5, 5.41) is 2.86. The van der Waals surface area contributed by atoms with E-state index in [4.69, 9.17) is 4.74 Å². The van der Waals surface area contributed by atoms with Crippen LogP contribution in [0.3, 0.4) is 0 Å². The SMILES string of the molecule is CC(C)(C)OC(=O)N1CCN(CCNC(=O)c2ccc(F)cc2I)CC1. The number of piperazine rings is 1. The van der Waals surface area contributed by atoms with Crippen LogP contribution in [0.5, 0.6) is 0 Å². The highest BCUT2D eigenvalue weighted by Crippen LogP contribution is 2.14. The predicted molar refractivity (Wildman–Crippen MR) is 106 cm³/mol. The lowest BCUT2D eigenvalue weighted by Gasteiger charge is -2.35. The number of ether oxygens (including phenoxy) is 1. The van der Waals surface area contributed by atoms with E-state index in [1.54, 1.807) is 4.90 Å². The monoisotopic (exact) mass is 477 g/mol. The molecule has 1 aromatic carbocycles. The minimum Gasteiger partial charge on any atom is -0.444 e. The van der Waals surface area contributed by atoms with Crippen molar-refractivity contribution < 1.29 is 18.7 Å². The van der Waals surface area contributed by atoms with Gasteiger partial charge in [0, 0.05) is 42.8 Å². The average molecular weight is 477 g/mol. The number of benzene rings is 1. The van der Waals surface area contributed by atoms with Crippen LogP contribution in [0.2, 0.25) is 0 Å². The second kappa shape index (κ2) is 8.98. The Balaban J connectivity index is 1.72. The summed E-state index contributed by atoms with van der Waals surface area (Å²) in [4.78, 5) is 28.1. The summed E-state index contributed by atoms with van der Waals surface area (Å²) in [5.74, 6) is -0.560. The van der Waals surface area contributed by atoms with Crippen LogP contribution < -0.4 is 5.32 Å². The number of rotatable bonds is 4. The number of hydrogen-bond donors (Lipinski definition) is 1. The highest BCUT2D eigenvalue weighted by molar-refractivity contribution is 14.1. The molecule has 8 heteroatoms. The summed E-state index contributed by atoms with van der Waals surface area (Å²) in [5.41, 5.74) is -0.0159. The molecule has 144 valence electrons. The fourth-order valence-corrected chi connectivity index (χ4v) is 3.30. The average Bonchev–Trinajstić information content (AvgIpc) is 2.53. The third-order valence-electron chi connectivity index (χ3n) is 3.91. The molecule has 1 heterocycles. The number of nitrogens with zero attached hydrogens (tertiary/aromatic N) is 2. The molecule has 0 radical (unpaired) electrons. The first-order valence-corrected chi connectivity index (χ1v) is 9.67. The Morgan fingerprint density at radius 1 is 1.23 bits per heavy atom. The normalized spacial score (nSPS) is 15.7. The van der Waals surface area contributed by atoms with Crippen LogP contribution in [0.4, 0.5) is 9.18 Å². The molecule has 0 unspecified atom stereocenters. The number of amides is 2. The van der Waals surface area contributed by atoms with Crippen LogP contribution in [0.15, 0.2) is 18.2 Å². The van der Waals surface area contributed by atoms with E-state index < -0.39 is 5.60 Å². The van der Waals surface area contributed by atoms with Gasteiger partial charge in [0.05, 0.1) is 5.56 Å². The molecule has 0 bridgehead atoms. The van der Waals surface area contributed by atoms with Crippen molar-refractivity contribution in [1.82, 2.24) is 15.1 Å². The van der Waals surface area contributed by atoms with Crippen molar-refractivity contribution in [2.75, 3.05) is 39.3 Å². The molecule has 0 spiro atoms. The summed E-state index contributed by atoms with van der Waals surface area (Å²) >= 11 is 1.95. The van der Waals surface area contributed by atoms with Crippen LogP contribution in [0, 0.1) is 9.39 Å². The molecule has 2 amide bonds. The Morgan fingerprint density at radius 3 is 2.46 bits per heavy atom. The summed E-state index contributed by atoms with van der Waals surface area (Å²) in [6, 6.07) is 4.12. The van der Waals surface area contributed by atoms with E-state index in [0.29, 0.717) is 35.3 Å². The van der Waals surface area contributed by atoms with Crippen molar-refractivity contribution >= 4 is 34.6 Å². The minimum absolute atomic E-state index is 0.207. The van der Waals surface area contributed by atoms with Crippen molar-refractivity contribution in [3.63, 3.8) is 0 Å². The maximum atomic E-state index is 13.1. The highest BCUT2D eigenvalue weighted by Gasteiger charge is 2.25. The van der Waals surface area contributed by atoms with Crippen LogP contribution >= 0.6 is 22.6 Å². The van der Waals surface area contributed by atoms with Crippen molar-refractivity contribution in [2.24, 2.45) is 0 Å². The van der Waals surface area contributed by atoms with E-state index in [-0.39, 0.29) is 17.8 Å². The zero-order chi connectivity index (χ0) is 19.3. The molecule has 0 aromatic heterocycles. The smallest absolute Gasteiger partial charge is 0.410 e. The zero-order valence-corrected chi connectivity index (χ0v) is 17.5. The lowest BCUT2D eigenvalue weighted by Crippen LogP contribution is -2.51. The third-order valence-corrected chi connectivity index (χ3v) is 4.81. The van der Waals surface area contributed by atoms with Gasteiger partial charge < -0.3 is 15.0 Å². The van der Waals surface area contributed by atoms with Gasteiger partial charge >= 0.3 is 6.09 Å². The van der Waals surface area contributed by atoms with E-state index in [1.165, 1.54) is 18.2 Å². The topological polar surface area (TPSA) is 61.9 Å². The number of carbonyl (C=O) groups is 2. The van der Waals surface area contributed by atoms with Crippen LogP contribution in [-0.2, 0) is 4.74 Å². The molecular formula is C18H25FIN3O3. The van der Waals surface area contributed by atoms with E-state index in [2.05, 4.69) is 10.2 Å². The van der Waals surface area contributed by atoms with Crippen molar-refractivity contribution in [2.45, 2.75) is 26.4 Å². The predicted octanol–water partition coefficient (Wildman–Crippen LogP) is 2.71. The Labute approximate surface area is 167 Å². The van der Waals surface area contributed by atoms with Crippen molar-refractivity contribution in [3.8, 4) is 0 Å². The maximum Gasteiger partial charge on any atom is 0.410 e. The van der Waals surface area contributed by atoms with Crippen molar-refractivity contribution in [3.05, 3.63) is 33.1 Å². The van der Waals surface area contributed by atoms with Gasteiger partial charge in [-0.1, -0.05) is 0 Å². The maximum absolute atomic E-state index is 13.1. The fraction of sp³-hybridized carbons (Fsp3) is 0.556. The van der Waals surface area contributed by atoms with Gasteiger partial charge in [-0.3, -0.25) is 9.69 Å². The van der Waals surface area contributed by atoms with Crippen LogP contribution in [0.25, 0.3) is 0 Å². The van der Waals surface area contributed by atoms with E-state index in [1.807, 2.05) is 43.4 Å². The lowest BCUT2D eigenvalue weighted by molar-refractivity contribution is 0.0147. The number of carbonyl (C=O) groups excluding carboxylic acids is 2. The first kappa shape index (κ1) is 20.9. The highest BCUT2D eigenvalue weighted by atomic mass is 127. The zero-order valence-electron chi connectivity index (χ0n) is 15.3. The molecule has 1 aliphatic heterocycles. The quantitative estimate of drug-likeness (QED) is 0.678. The summed E-state index contributed by atoms with van der Waals surface area (Å²) in [6.07, 6.45) is -0.281. The van der Waals surface area contributed by atoms with E-state index in [0.717, 1.165) is 13.1 Å². The van der Waals surface area contributed by atoms with E-state index in [9.17, 15) is 14.0 Å². The van der Waals surface area contributed by atoms with Gasteiger partial charge in [-0.25, -0.2) is 9.18 Å². The summed E-state index contributed by atoms with van der Waals surface area (Å²) < 4.78 is 19.1. The lowest BCUT2D eigenvalue weighted by atomic mass is 10.2. The number of halogens is 2. The van der Waals surface area contributed by atoms with Gasteiger partial charge in [0.2, 0.25) is 0 Å². The molecule has 1 aliphatic rings. The first-order chi connectivity index (χ1) is 12.2.